The van der Waals surface area contributed by atoms with Gasteiger partial charge in [0.25, 0.3) is 0 Å². The van der Waals surface area contributed by atoms with Crippen LogP contribution in [0.3, 0.4) is 0 Å². The molecule has 3 rings (SSSR count). The number of halogens is 2. The Kier molecular flexibility index (Phi) is 6.73. The summed E-state index contributed by atoms with van der Waals surface area (Å²) >= 11 is 6.08. The highest BCUT2D eigenvalue weighted by Crippen LogP contribution is 2.27. The van der Waals surface area contributed by atoms with E-state index in [1.807, 2.05) is 6.07 Å². The van der Waals surface area contributed by atoms with Gasteiger partial charge in [-0.2, -0.15) is 0 Å². The van der Waals surface area contributed by atoms with Gasteiger partial charge in [-0.15, -0.1) is 24.0 Å². The van der Waals surface area contributed by atoms with Crippen LogP contribution in [0, 0.1) is 0 Å². The van der Waals surface area contributed by atoms with E-state index in [-0.39, 0.29) is 24.0 Å². The van der Waals surface area contributed by atoms with Crippen LogP contribution >= 0.6 is 35.6 Å². The molecular formula is C16H20ClIN4O2. The van der Waals surface area contributed by atoms with Crippen LogP contribution in [0.15, 0.2) is 27.7 Å². The highest BCUT2D eigenvalue weighted by molar-refractivity contribution is 14.0. The summed E-state index contributed by atoms with van der Waals surface area (Å²) < 4.78 is 10.5. The molecule has 8 heteroatoms. The molecule has 1 aromatic heterocycles. The molecule has 0 radical (unpaired) electrons. The fourth-order valence-corrected chi connectivity index (χ4v) is 2.92. The number of hydrogen-bond acceptors (Lipinski definition) is 4. The Morgan fingerprint density at radius 2 is 2.21 bits per heavy atom. The van der Waals surface area contributed by atoms with E-state index in [1.165, 1.54) is 12.0 Å². The van der Waals surface area contributed by atoms with E-state index in [4.69, 9.17) is 26.6 Å². The Balaban J connectivity index is 0.00000208. The number of rotatable bonds is 4. The summed E-state index contributed by atoms with van der Waals surface area (Å²) in [7, 11) is 1.57. The lowest BCUT2D eigenvalue weighted by Crippen LogP contribution is -2.22. The number of benzene rings is 1. The molecule has 1 aromatic carbocycles. The Hall–Kier alpha value is -1.48. The number of guanidine groups is 1. The van der Waals surface area contributed by atoms with Gasteiger partial charge in [0.05, 0.1) is 18.7 Å². The Labute approximate surface area is 162 Å². The van der Waals surface area contributed by atoms with E-state index in [0.29, 0.717) is 23.3 Å². The van der Waals surface area contributed by atoms with Crippen LogP contribution in [-0.4, -0.2) is 18.2 Å². The number of aromatic nitrogens is 1. The average molecular weight is 463 g/mol. The zero-order chi connectivity index (χ0) is 16.2. The van der Waals surface area contributed by atoms with Gasteiger partial charge in [0, 0.05) is 17.7 Å². The second kappa shape index (κ2) is 8.57. The molecule has 0 saturated heterocycles. The molecule has 1 heterocycles. The molecule has 0 spiro atoms. The average Bonchev–Trinajstić information content (AvgIpc) is 2.96. The molecule has 3 N–H and O–H groups in total. The number of anilines is 1. The molecular weight excluding hydrogens is 443 g/mol. The van der Waals surface area contributed by atoms with Gasteiger partial charge in [-0.05, 0) is 37.5 Å². The number of nitrogens with two attached hydrogens (primary N) is 1. The predicted octanol–water partition coefficient (Wildman–Crippen LogP) is 3.76. The number of methoxy groups -OCH3 is 1. The topological polar surface area (TPSA) is 85.7 Å². The minimum Gasteiger partial charge on any atom is -0.495 e. The number of fused-ring (bicyclic) bond motifs is 1. The van der Waals surface area contributed by atoms with Crippen molar-refractivity contribution < 1.29 is 9.26 Å². The number of aryl methyl sites for hydroxylation is 1. The molecule has 1 aliphatic rings. The van der Waals surface area contributed by atoms with E-state index < -0.39 is 0 Å². The number of hydrogen-bond donors (Lipinski definition) is 2. The van der Waals surface area contributed by atoms with Gasteiger partial charge in [0.1, 0.15) is 17.2 Å². The molecule has 0 unspecified atom stereocenters. The lowest BCUT2D eigenvalue weighted by Gasteiger charge is -2.09. The second-order valence-corrected chi connectivity index (χ2v) is 5.82. The SMILES string of the molecule is COc1ccc(NC(N)=NCc2noc3c2CCCC3)cc1Cl.I. The molecule has 130 valence electrons. The normalized spacial score (nSPS) is 13.8. The van der Waals surface area contributed by atoms with Crippen molar-refractivity contribution in [1.82, 2.24) is 5.16 Å². The van der Waals surface area contributed by atoms with E-state index in [1.54, 1.807) is 19.2 Å². The fourth-order valence-electron chi connectivity index (χ4n) is 2.66. The number of nitrogens with one attached hydrogen (secondary N) is 1. The third-order valence-corrected chi connectivity index (χ3v) is 4.15. The predicted molar refractivity (Wildman–Crippen MR) is 106 cm³/mol. The van der Waals surface area contributed by atoms with Crippen molar-refractivity contribution in [1.29, 1.82) is 0 Å². The first-order valence-electron chi connectivity index (χ1n) is 7.54. The van der Waals surface area contributed by atoms with Crippen LogP contribution in [-0.2, 0) is 19.4 Å². The zero-order valence-corrected chi connectivity index (χ0v) is 16.4. The lowest BCUT2D eigenvalue weighted by molar-refractivity contribution is 0.368. The van der Waals surface area contributed by atoms with Gasteiger partial charge in [-0.3, -0.25) is 0 Å². The highest BCUT2D eigenvalue weighted by atomic mass is 127. The van der Waals surface area contributed by atoms with Crippen molar-refractivity contribution in [2.75, 3.05) is 12.4 Å². The molecule has 0 aliphatic heterocycles. The van der Waals surface area contributed by atoms with Gasteiger partial charge >= 0.3 is 0 Å². The Morgan fingerprint density at radius 1 is 1.42 bits per heavy atom. The number of aliphatic imine (C=N–C) groups is 1. The van der Waals surface area contributed by atoms with Crippen molar-refractivity contribution in [3.63, 3.8) is 0 Å². The zero-order valence-electron chi connectivity index (χ0n) is 13.3. The molecule has 24 heavy (non-hydrogen) atoms. The van der Waals surface area contributed by atoms with E-state index in [9.17, 15) is 0 Å². The van der Waals surface area contributed by atoms with Gasteiger partial charge in [-0.25, -0.2) is 4.99 Å². The van der Waals surface area contributed by atoms with Gasteiger partial charge < -0.3 is 20.3 Å². The van der Waals surface area contributed by atoms with Gasteiger partial charge in [0.15, 0.2) is 5.96 Å². The first-order valence-corrected chi connectivity index (χ1v) is 7.92. The van der Waals surface area contributed by atoms with Crippen molar-refractivity contribution in [2.24, 2.45) is 10.7 Å². The van der Waals surface area contributed by atoms with Crippen molar-refractivity contribution in [3.8, 4) is 5.75 Å². The molecule has 0 atom stereocenters. The van der Waals surface area contributed by atoms with Crippen molar-refractivity contribution in [2.45, 2.75) is 32.2 Å². The minimum atomic E-state index is 0. The molecule has 6 nitrogen and oxygen atoms in total. The van der Waals surface area contributed by atoms with E-state index >= 15 is 0 Å². The summed E-state index contributed by atoms with van der Waals surface area (Å²) in [5, 5.41) is 7.63. The molecule has 2 aromatic rings. The standard InChI is InChI=1S/C16H19ClN4O2.HI/c1-22-15-7-6-10(8-12(15)17)20-16(18)19-9-13-11-4-2-3-5-14(11)23-21-13;/h6-8H,2-5,9H2,1H3,(H3,18,19,20);1H. The number of ether oxygens (including phenoxy) is 1. The summed E-state index contributed by atoms with van der Waals surface area (Å²) in [6.45, 7) is 0.404. The first-order chi connectivity index (χ1) is 11.2. The van der Waals surface area contributed by atoms with Crippen molar-refractivity contribution >= 4 is 47.2 Å². The molecule has 0 amide bonds. The maximum atomic E-state index is 6.08. The Bertz CT molecular complexity index is 733. The van der Waals surface area contributed by atoms with Gasteiger partial charge in [0.2, 0.25) is 0 Å². The molecule has 0 bridgehead atoms. The third-order valence-electron chi connectivity index (χ3n) is 3.85. The maximum absolute atomic E-state index is 6.08. The summed E-state index contributed by atoms with van der Waals surface area (Å²) in [5.41, 5.74) is 8.74. The summed E-state index contributed by atoms with van der Waals surface area (Å²) in [6.07, 6.45) is 4.30. The third kappa shape index (κ3) is 4.32. The maximum Gasteiger partial charge on any atom is 0.193 e. The summed E-state index contributed by atoms with van der Waals surface area (Å²) in [6, 6.07) is 5.33. The minimum absolute atomic E-state index is 0. The van der Waals surface area contributed by atoms with Gasteiger partial charge in [-0.1, -0.05) is 16.8 Å². The largest absolute Gasteiger partial charge is 0.495 e. The summed E-state index contributed by atoms with van der Waals surface area (Å²) in [4.78, 5) is 4.33. The molecule has 0 fully saturated rings. The molecule has 1 aliphatic carbocycles. The van der Waals surface area contributed by atoms with Crippen LogP contribution < -0.4 is 15.8 Å². The van der Waals surface area contributed by atoms with Crippen LogP contribution in [0.4, 0.5) is 5.69 Å². The van der Waals surface area contributed by atoms with Crippen LogP contribution in [0.2, 0.25) is 5.02 Å². The lowest BCUT2D eigenvalue weighted by atomic mass is 9.96. The second-order valence-electron chi connectivity index (χ2n) is 5.41. The van der Waals surface area contributed by atoms with Crippen LogP contribution in [0.5, 0.6) is 5.75 Å². The van der Waals surface area contributed by atoms with E-state index in [0.717, 1.165) is 36.4 Å². The van der Waals surface area contributed by atoms with Crippen LogP contribution in [0.25, 0.3) is 0 Å². The van der Waals surface area contributed by atoms with Crippen molar-refractivity contribution in [3.05, 3.63) is 40.2 Å². The monoisotopic (exact) mass is 462 g/mol. The van der Waals surface area contributed by atoms with Crippen LogP contribution in [0.1, 0.15) is 29.9 Å². The highest BCUT2D eigenvalue weighted by Gasteiger charge is 2.18. The Morgan fingerprint density at radius 3 is 2.96 bits per heavy atom. The number of nitrogens with zero attached hydrogens (tertiary/aromatic N) is 2. The summed E-state index contributed by atoms with van der Waals surface area (Å²) in [5.74, 6) is 1.91. The smallest absolute Gasteiger partial charge is 0.193 e. The fraction of sp³-hybridized carbons (Fsp3) is 0.375. The quantitative estimate of drug-likeness (QED) is 0.410. The molecule has 0 saturated carbocycles. The first kappa shape index (κ1) is 18.9. The van der Waals surface area contributed by atoms with E-state index in [2.05, 4.69) is 15.5 Å².